The van der Waals surface area contributed by atoms with E-state index in [-0.39, 0.29) is 17.5 Å². The van der Waals surface area contributed by atoms with E-state index in [1.807, 2.05) is 0 Å². The Morgan fingerprint density at radius 2 is 1.43 bits per heavy atom. The maximum Gasteiger partial charge on any atom is 0.343 e. The molecule has 0 spiro atoms. The van der Waals surface area contributed by atoms with Gasteiger partial charge in [-0.15, -0.1) is 10.2 Å². The van der Waals surface area contributed by atoms with Gasteiger partial charge in [-0.25, -0.2) is 13.6 Å². The van der Waals surface area contributed by atoms with Crippen LogP contribution in [0.4, 0.5) is 8.78 Å². The van der Waals surface area contributed by atoms with Gasteiger partial charge < -0.3 is 9.15 Å². The zero-order chi connectivity index (χ0) is 19.5. The quantitative estimate of drug-likeness (QED) is 0.373. The first-order chi connectivity index (χ1) is 13.6. The number of hydrogen-bond acceptors (Lipinski definition) is 5. The first-order valence-electron chi connectivity index (χ1n) is 8.28. The van der Waals surface area contributed by atoms with Crippen molar-refractivity contribution in [3.8, 4) is 28.7 Å². The van der Waals surface area contributed by atoms with Crippen LogP contribution in [0.5, 0.6) is 5.75 Å². The highest BCUT2D eigenvalue weighted by atomic mass is 19.1. The van der Waals surface area contributed by atoms with E-state index in [0.717, 1.165) is 12.1 Å². The first kappa shape index (κ1) is 17.5. The lowest BCUT2D eigenvalue weighted by atomic mass is 10.2. The number of esters is 1. The smallest absolute Gasteiger partial charge is 0.343 e. The van der Waals surface area contributed by atoms with Crippen molar-refractivity contribution >= 4 is 5.97 Å². The molecule has 1 heterocycles. The van der Waals surface area contributed by atoms with Crippen LogP contribution in [0.1, 0.15) is 10.4 Å². The number of carbonyl (C=O) groups excluding carboxylic acids is 1. The molecule has 0 atom stereocenters. The molecule has 0 fully saturated rings. The lowest BCUT2D eigenvalue weighted by Gasteiger charge is -2.07. The highest BCUT2D eigenvalue weighted by molar-refractivity contribution is 5.91. The molecule has 1 aromatic heterocycles. The van der Waals surface area contributed by atoms with Gasteiger partial charge in [0, 0.05) is 0 Å². The molecule has 3 aromatic carbocycles. The lowest BCUT2D eigenvalue weighted by molar-refractivity contribution is 0.0735. The van der Waals surface area contributed by atoms with Crippen LogP contribution >= 0.6 is 0 Å². The minimum atomic E-state index is -0.820. The van der Waals surface area contributed by atoms with E-state index in [0.29, 0.717) is 11.1 Å². The zero-order valence-corrected chi connectivity index (χ0v) is 14.3. The number of halogens is 2. The summed E-state index contributed by atoms with van der Waals surface area (Å²) < 4.78 is 38.8. The van der Waals surface area contributed by atoms with Crippen LogP contribution in [0.2, 0.25) is 0 Å². The van der Waals surface area contributed by atoms with Crippen molar-refractivity contribution in [2.24, 2.45) is 0 Å². The summed E-state index contributed by atoms with van der Waals surface area (Å²) in [5.74, 6) is -2.37. The van der Waals surface area contributed by atoms with Gasteiger partial charge >= 0.3 is 5.97 Å². The number of aromatic nitrogens is 2. The Bertz CT molecular complexity index is 1120. The van der Waals surface area contributed by atoms with Crippen LogP contribution in [0.25, 0.3) is 22.9 Å². The summed E-state index contributed by atoms with van der Waals surface area (Å²) >= 11 is 0. The average molecular weight is 378 g/mol. The van der Waals surface area contributed by atoms with Gasteiger partial charge in [-0.3, -0.25) is 0 Å². The molecule has 0 N–H and O–H groups in total. The van der Waals surface area contributed by atoms with Crippen molar-refractivity contribution < 1.29 is 22.7 Å². The van der Waals surface area contributed by atoms with Gasteiger partial charge in [-0.2, -0.15) is 0 Å². The molecule has 0 aliphatic heterocycles. The number of benzene rings is 3. The van der Waals surface area contributed by atoms with E-state index in [4.69, 9.17) is 9.15 Å². The molecule has 7 heteroatoms. The molecule has 0 radical (unpaired) electrons. The van der Waals surface area contributed by atoms with Gasteiger partial charge in [0.25, 0.3) is 11.8 Å². The van der Waals surface area contributed by atoms with E-state index in [1.165, 1.54) is 6.07 Å². The summed E-state index contributed by atoms with van der Waals surface area (Å²) in [6.45, 7) is 0. The van der Waals surface area contributed by atoms with Crippen LogP contribution in [0.15, 0.2) is 77.2 Å². The molecule has 0 bridgehead atoms. The molecule has 0 saturated heterocycles. The lowest BCUT2D eigenvalue weighted by Crippen LogP contribution is -2.08. The fourth-order valence-corrected chi connectivity index (χ4v) is 2.60. The maximum atomic E-state index is 13.9. The van der Waals surface area contributed by atoms with E-state index in [1.54, 1.807) is 54.6 Å². The van der Waals surface area contributed by atoms with Gasteiger partial charge in [-0.1, -0.05) is 36.4 Å². The number of nitrogens with zero attached hydrogens (tertiary/aromatic N) is 2. The third-order valence-corrected chi connectivity index (χ3v) is 3.93. The molecule has 138 valence electrons. The van der Waals surface area contributed by atoms with Gasteiger partial charge in [0.2, 0.25) is 0 Å². The number of ether oxygens (including phenoxy) is 1. The van der Waals surface area contributed by atoms with Gasteiger partial charge in [-0.05, 0) is 36.4 Å². The summed E-state index contributed by atoms with van der Waals surface area (Å²) in [7, 11) is 0. The first-order valence-corrected chi connectivity index (χ1v) is 8.28. The van der Waals surface area contributed by atoms with Gasteiger partial charge in [0.15, 0.2) is 0 Å². The van der Waals surface area contributed by atoms with E-state index in [9.17, 15) is 13.6 Å². The van der Waals surface area contributed by atoms with Crippen molar-refractivity contribution in [1.29, 1.82) is 0 Å². The predicted octanol–water partition coefficient (Wildman–Crippen LogP) is 4.90. The Balaban J connectivity index is 1.68. The molecular weight excluding hydrogens is 366 g/mol. The standard InChI is InChI=1S/C21H12F2N2O3/c22-15-10-6-11-16(23)18(15)20-25-24-19(28-20)14-9-4-5-12-17(14)27-21(26)13-7-2-1-3-8-13/h1-12H. The largest absolute Gasteiger partial charge is 0.422 e. The Hall–Kier alpha value is -3.87. The molecule has 0 aliphatic carbocycles. The Morgan fingerprint density at radius 3 is 2.18 bits per heavy atom. The minimum Gasteiger partial charge on any atom is -0.422 e. The van der Waals surface area contributed by atoms with Crippen molar-refractivity contribution in [3.05, 3.63) is 90.0 Å². The van der Waals surface area contributed by atoms with Gasteiger partial charge in [0.1, 0.15) is 22.9 Å². The third-order valence-electron chi connectivity index (χ3n) is 3.93. The second-order valence-corrected chi connectivity index (χ2v) is 5.76. The second-order valence-electron chi connectivity index (χ2n) is 5.76. The fourth-order valence-electron chi connectivity index (χ4n) is 2.60. The topological polar surface area (TPSA) is 65.2 Å². The fraction of sp³-hybridized carbons (Fsp3) is 0. The number of rotatable bonds is 4. The third kappa shape index (κ3) is 3.37. The van der Waals surface area contributed by atoms with Crippen LogP contribution in [-0.4, -0.2) is 16.2 Å². The van der Waals surface area contributed by atoms with Crippen LogP contribution in [-0.2, 0) is 0 Å². The molecular formula is C21H12F2N2O3. The normalized spacial score (nSPS) is 10.6. The minimum absolute atomic E-state index is 0.0332. The van der Waals surface area contributed by atoms with Crippen LogP contribution in [0, 0.1) is 11.6 Å². The van der Waals surface area contributed by atoms with E-state index < -0.39 is 23.2 Å². The van der Waals surface area contributed by atoms with E-state index >= 15 is 0 Å². The van der Waals surface area contributed by atoms with Crippen molar-refractivity contribution in [1.82, 2.24) is 10.2 Å². The SMILES string of the molecule is O=C(Oc1ccccc1-c1nnc(-c2c(F)cccc2F)o1)c1ccccc1. The highest BCUT2D eigenvalue weighted by Gasteiger charge is 2.21. The van der Waals surface area contributed by atoms with Gasteiger partial charge in [0.05, 0.1) is 11.1 Å². The number of para-hydroxylation sites is 1. The molecule has 0 saturated carbocycles. The monoisotopic (exact) mass is 378 g/mol. The summed E-state index contributed by atoms with van der Waals surface area (Å²) in [5.41, 5.74) is 0.277. The van der Waals surface area contributed by atoms with Crippen LogP contribution < -0.4 is 4.74 Å². The number of carbonyl (C=O) groups is 1. The zero-order valence-electron chi connectivity index (χ0n) is 14.3. The summed E-state index contributed by atoms with van der Waals surface area (Å²) in [6, 6.07) is 18.4. The summed E-state index contributed by atoms with van der Waals surface area (Å²) in [4.78, 5) is 12.3. The van der Waals surface area contributed by atoms with Crippen molar-refractivity contribution in [3.63, 3.8) is 0 Å². The Kier molecular flexibility index (Phi) is 4.63. The summed E-state index contributed by atoms with van der Waals surface area (Å²) in [5, 5.41) is 7.57. The average Bonchev–Trinajstić information content (AvgIpc) is 3.18. The highest BCUT2D eigenvalue weighted by Crippen LogP contribution is 2.32. The van der Waals surface area contributed by atoms with Crippen molar-refractivity contribution in [2.75, 3.05) is 0 Å². The molecule has 4 aromatic rings. The molecule has 0 amide bonds. The predicted molar refractivity (Wildman–Crippen MR) is 96.5 cm³/mol. The molecule has 4 rings (SSSR count). The van der Waals surface area contributed by atoms with Crippen LogP contribution in [0.3, 0.4) is 0 Å². The Labute approximate surface area is 158 Å². The number of hydrogen-bond donors (Lipinski definition) is 0. The Morgan fingerprint density at radius 1 is 0.786 bits per heavy atom. The molecule has 5 nitrogen and oxygen atoms in total. The molecule has 0 unspecified atom stereocenters. The van der Waals surface area contributed by atoms with Crippen molar-refractivity contribution in [2.45, 2.75) is 0 Å². The molecule has 28 heavy (non-hydrogen) atoms. The second kappa shape index (κ2) is 7.40. The molecule has 0 aliphatic rings. The summed E-state index contributed by atoms with van der Waals surface area (Å²) in [6.07, 6.45) is 0. The maximum absolute atomic E-state index is 13.9. The van der Waals surface area contributed by atoms with E-state index in [2.05, 4.69) is 10.2 Å².